The SMILES string of the molecule is Fc1ccc(Br)c(F)c1CN1CCCC(CCl)C1. The van der Waals surface area contributed by atoms with Gasteiger partial charge < -0.3 is 0 Å². The Kier molecular flexibility index (Phi) is 4.98. The van der Waals surface area contributed by atoms with E-state index in [0.29, 0.717) is 22.8 Å². The van der Waals surface area contributed by atoms with Gasteiger partial charge in [0, 0.05) is 24.5 Å². The van der Waals surface area contributed by atoms with E-state index in [4.69, 9.17) is 11.6 Å². The molecule has 0 radical (unpaired) electrons. The van der Waals surface area contributed by atoms with Gasteiger partial charge in [-0.15, -0.1) is 11.6 Å². The largest absolute Gasteiger partial charge is 0.299 e. The number of hydrogen-bond donors (Lipinski definition) is 0. The highest BCUT2D eigenvalue weighted by Gasteiger charge is 2.22. The number of nitrogens with zero attached hydrogens (tertiary/aromatic N) is 1. The van der Waals surface area contributed by atoms with Gasteiger partial charge in [-0.2, -0.15) is 0 Å². The molecule has 1 aromatic carbocycles. The van der Waals surface area contributed by atoms with Gasteiger partial charge in [0.25, 0.3) is 0 Å². The summed E-state index contributed by atoms with van der Waals surface area (Å²) in [6.07, 6.45) is 2.14. The van der Waals surface area contributed by atoms with Crippen molar-refractivity contribution in [2.24, 2.45) is 5.92 Å². The van der Waals surface area contributed by atoms with Crippen LogP contribution in [-0.4, -0.2) is 23.9 Å². The smallest absolute Gasteiger partial charge is 0.144 e. The lowest BCUT2D eigenvalue weighted by Gasteiger charge is -2.31. The van der Waals surface area contributed by atoms with Gasteiger partial charge in [0.15, 0.2) is 0 Å². The highest BCUT2D eigenvalue weighted by atomic mass is 79.9. The molecule has 100 valence electrons. The van der Waals surface area contributed by atoms with Crippen LogP contribution in [0.2, 0.25) is 0 Å². The Labute approximate surface area is 119 Å². The first-order valence-corrected chi connectivity index (χ1v) is 7.35. The number of likely N-dealkylation sites (tertiary alicyclic amines) is 1. The maximum atomic E-state index is 13.9. The van der Waals surface area contributed by atoms with Gasteiger partial charge in [-0.25, -0.2) is 8.78 Å². The predicted octanol–water partition coefficient (Wildman–Crippen LogP) is 4.18. The first kappa shape index (κ1) is 14.2. The zero-order valence-corrected chi connectivity index (χ0v) is 12.3. The summed E-state index contributed by atoms with van der Waals surface area (Å²) < 4.78 is 27.8. The molecule has 1 heterocycles. The van der Waals surface area contributed by atoms with Crippen LogP contribution in [0.1, 0.15) is 18.4 Å². The number of piperidine rings is 1. The molecule has 1 saturated heterocycles. The Morgan fingerprint density at radius 2 is 2.17 bits per heavy atom. The molecule has 1 aliphatic heterocycles. The molecule has 0 aliphatic carbocycles. The van der Waals surface area contributed by atoms with E-state index in [9.17, 15) is 8.78 Å². The van der Waals surface area contributed by atoms with Crippen molar-refractivity contribution >= 4 is 27.5 Å². The number of halogens is 4. The van der Waals surface area contributed by atoms with E-state index < -0.39 is 11.6 Å². The first-order valence-electron chi connectivity index (χ1n) is 6.02. The standard InChI is InChI=1S/C13H15BrClF2N/c14-11-3-4-12(16)10(13(11)17)8-18-5-1-2-9(6-15)7-18/h3-4,9H,1-2,5-8H2. The summed E-state index contributed by atoms with van der Waals surface area (Å²) in [4.78, 5) is 2.07. The summed E-state index contributed by atoms with van der Waals surface area (Å²) in [6, 6.07) is 2.69. The normalized spacial score (nSPS) is 21.2. The average Bonchev–Trinajstić information content (AvgIpc) is 2.39. The van der Waals surface area contributed by atoms with E-state index in [2.05, 4.69) is 20.8 Å². The van der Waals surface area contributed by atoms with Crippen molar-refractivity contribution in [1.29, 1.82) is 0 Å². The van der Waals surface area contributed by atoms with Crippen LogP contribution in [-0.2, 0) is 6.54 Å². The maximum Gasteiger partial charge on any atom is 0.144 e. The molecule has 1 aromatic rings. The van der Waals surface area contributed by atoms with Crippen molar-refractivity contribution in [3.05, 3.63) is 33.8 Å². The van der Waals surface area contributed by atoms with Gasteiger partial charge in [-0.05, 0) is 53.4 Å². The van der Waals surface area contributed by atoms with Crippen LogP contribution in [0.25, 0.3) is 0 Å². The number of alkyl halides is 1. The molecule has 1 fully saturated rings. The Balaban J connectivity index is 2.11. The highest BCUT2D eigenvalue weighted by molar-refractivity contribution is 9.10. The van der Waals surface area contributed by atoms with Gasteiger partial charge >= 0.3 is 0 Å². The van der Waals surface area contributed by atoms with Crippen LogP contribution >= 0.6 is 27.5 Å². The minimum absolute atomic E-state index is 0.139. The molecular weight excluding hydrogens is 324 g/mol. The Hall–Kier alpha value is -0.190. The second kappa shape index (κ2) is 6.31. The molecule has 5 heteroatoms. The first-order chi connectivity index (χ1) is 8.61. The topological polar surface area (TPSA) is 3.24 Å². The van der Waals surface area contributed by atoms with Crippen molar-refractivity contribution in [2.75, 3.05) is 19.0 Å². The molecule has 0 bridgehead atoms. The van der Waals surface area contributed by atoms with Crippen LogP contribution in [0, 0.1) is 17.6 Å². The van der Waals surface area contributed by atoms with Crippen LogP contribution in [0.5, 0.6) is 0 Å². The fraction of sp³-hybridized carbons (Fsp3) is 0.538. The van der Waals surface area contributed by atoms with Crippen molar-refractivity contribution in [3.8, 4) is 0 Å². The number of hydrogen-bond acceptors (Lipinski definition) is 1. The summed E-state index contributed by atoms with van der Waals surface area (Å²) in [5.74, 6) is 0.0605. The lowest BCUT2D eigenvalue weighted by molar-refractivity contribution is 0.174. The van der Waals surface area contributed by atoms with Crippen LogP contribution in [0.4, 0.5) is 8.78 Å². The molecule has 1 atom stereocenters. The van der Waals surface area contributed by atoms with E-state index in [1.165, 1.54) is 12.1 Å². The third-order valence-electron chi connectivity index (χ3n) is 3.34. The molecule has 1 unspecified atom stereocenters. The molecule has 0 spiro atoms. The molecule has 18 heavy (non-hydrogen) atoms. The van der Waals surface area contributed by atoms with E-state index in [0.717, 1.165) is 25.9 Å². The lowest BCUT2D eigenvalue weighted by atomic mass is 9.99. The molecule has 1 aliphatic rings. The minimum Gasteiger partial charge on any atom is -0.299 e. The lowest BCUT2D eigenvalue weighted by Crippen LogP contribution is -2.36. The summed E-state index contributed by atoms with van der Waals surface area (Å²) in [5, 5.41) is 0. The number of benzene rings is 1. The van der Waals surface area contributed by atoms with Crippen molar-refractivity contribution < 1.29 is 8.78 Å². The summed E-state index contributed by atoms with van der Waals surface area (Å²) >= 11 is 8.94. The molecule has 0 aromatic heterocycles. The quantitative estimate of drug-likeness (QED) is 0.590. The predicted molar refractivity (Wildman–Crippen MR) is 72.8 cm³/mol. The molecular formula is C13H15BrClF2N. The fourth-order valence-corrected chi connectivity index (χ4v) is 2.98. The van der Waals surface area contributed by atoms with Crippen molar-refractivity contribution in [3.63, 3.8) is 0 Å². The van der Waals surface area contributed by atoms with Gasteiger partial charge in [0.2, 0.25) is 0 Å². The molecule has 0 saturated carbocycles. The molecule has 2 rings (SSSR count). The van der Waals surface area contributed by atoms with Crippen LogP contribution < -0.4 is 0 Å². The third-order valence-corrected chi connectivity index (χ3v) is 4.39. The fourth-order valence-electron chi connectivity index (χ4n) is 2.36. The summed E-state index contributed by atoms with van der Waals surface area (Å²) in [5.41, 5.74) is 0.139. The molecule has 0 N–H and O–H groups in total. The molecule has 1 nitrogen and oxygen atoms in total. The number of rotatable bonds is 3. The summed E-state index contributed by atoms with van der Waals surface area (Å²) in [7, 11) is 0. The maximum absolute atomic E-state index is 13.9. The monoisotopic (exact) mass is 337 g/mol. The van der Waals surface area contributed by atoms with Gasteiger partial charge in [0.1, 0.15) is 11.6 Å². The van der Waals surface area contributed by atoms with Gasteiger partial charge in [-0.1, -0.05) is 0 Å². The zero-order valence-electron chi connectivity index (χ0n) is 9.93. The van der Waals surface area contributed by atoms with Crippen molar-refractivity contribution in [1.82, 2.24) is 4.90 Å². The molecule has 0 amide bonds. The van der Waals surface area contributed by atoms with Crippen molar-refractivity contribution in [2.45, 2.75) is 19.4 Å². The summed E-state index contributed by atoms with van der Waals surface area (Å²) in [6.45, 7) is 2.00. The Bertz CT molecular complexity index is 428. The zero-order chi connectivity index (χ0) is 13.1. The van der Waals surface area contributed by atoms with E-state index >= 15 is 0 Å². The third kappa shape index (κ3) is 3.22. The van der Waals surface area contributed by atoms with Crippen LogP contribution in [0.15, 0.2) is 16.6 Å². The minimum atomic E-state index is -0.497. The highest BCUT2D eigenvalue weighted by Crippen LogP contribution is 2.25. The Morgan fingerprint density at radius 3 is 2.89 bits per heavy atom. The average molecular weight is 339 g/mol. The van der Waals surface area contributed by atoms with E-state index in [1.807, 2.05) is 0 Å². The Morgan fingerprint density at radius 1 is 1.39 bits per heavy atom. The van der Waals surface area contributed by atoms with Crippen LogP contribution in [0.3, 0.4) is 0 Å². The van der Waals surface area contributed by atoms with Gasteiger partial charge in [-0.3, -0.25) is 4.90 Å². The van der Waals surface area contributed by atoms with Gasteiger partial charge in [0.05, 0.1) is 4.47 Å². The second-order valence-electron chi connectivity index (χ2n) is 4.72. The second-order valence-corrected chi connectivity index (χ2v) is 5.88. The van der Waals surface area contributed by atoms with E-state index in [1.54, 1.807) is 0 Å². The van der Waals surface area contributed by atoms with E-state index in [-0.39, 0.29) is 5.56 Å².